The molecule has 0 N–H and O–H groups in total. The lowest BCUT2D eigenvalue weighted by atomic mass is 9.94. The maximum absolute atomic E-state index is 12.8. The van der Waals surface area contributed by atoms with E-state index >= 15 is 0 Å². The third kappa shape index (κ3) is 4.23. The van der Waals surface area contributed by atoms with Gasteiger partial charge in [0.15, 0.2) is 11.4 Å². The molecule has 1 aliphatic rings. The highest BCUT2D eigenvalue weighted by Crippen LogP contribution is 2.27. The highest BCUT2D eigenvalue weighted by molar-refractivity contribution is 5.76. The summed E-state index contributed by atoms with van der Waals surface area (Å²) in [5, 5.41) is 8.14. The third-order valence-corrected chi connectivity index (χ3v) is 5.41. The monoisotopic (exact) mass is 397 g/mol. The first-order chi connectivity index (χ1) is 14.0. The Bertz CT molecular complexity index is 947. The van der Waals surface area contributed by atoms with E-state index < -0.39 is 0 Å². The van der Waals surface area contributed by atoms with Gasteiger partial charge in [-0.1, -0.05) is 0 Å². The molecule has 1 saturated heterocycles. The smallest absolute Gasteiger partial charge is 0.299 e. The van der Waals surface area contributed by atoms with Crippen LogP contribution in [0.15, 0.2) is 29.1 Å². The number of anilines is 1. The second-order valence-corrected chi connectivity index (χ2v) is 7.98. The minimum atomic E-state index is 0.120. The Morgan fingerprint density at radius 2 is 2.28 bits per heavy atom. The molecule has 1 fully saturated rings. The number of piperidine rings is 1. The summed E-state index contributed by atoms with van der Waals surface area (Å²) in [5.74, 6) is 1.19. The summed E-state index contributed by atoms with van der Waals surface area (Å²) in [6, 6.07) is 4.56. The van der Waals surface area contributed by atoms with Crippen molar-refractivity contribution < 1.29 is 9.21 Å². The number of fused-ring (bicyclic) bond motifs is 1. The summed E-state index contributed by atoms with van der Waals surface area (Å²) in [5.41, 5.74) is 1.31. The van der Waals surface area contributed by atoms with E-state index in [1.54, 1.807) is 17.4 Å². The molecular formula is C20H27N7O2. The van der Waals surface area contributed by atoms with Crippen LogP contribution in [0.2, 0.25) is 0 Å². The van der Waals surface area contributed by atoms with Crippen molar-refractivity contribution in [1.29, 1.82) is 0 Å². The van der Waals surface area contributed by atoms with Gasteiger partial charge < -0.3 is 18.8 Å². The van der Waals surface area contributed by atoms with Gasteiger partial charge in [-0.2, -0.15) is 4.98 Å². The van der Waals surface area contributed by atoms with Crippen molar-refractivity contribution in [1.82, 2.24) is 29.6 Å². The van der Waals surface area contributed by atoms with Gasteiger partial charge in [-0.3, -0.25) is 4.79 Å². The van der Waals surface area contributed by atoms with Crippen LogP contribution < -0.4 is 4.90 Å². The SMILES string of the molecule is CC(C)n1cnnc1CN(C)C(=O)CC1CCCN(c2nc3ncccc3o2)C1. The standard InChI is InChI=1S/C20H27N7O2/c1-14(2)27-13-22-24-17(27)12-25(3)18(28)10-15-6-5-9-26(11-15)20-23-19-16(29-20)7-4-8-21-19/h4,7-8,13-15H,5-6,9-12H2,1-3H3. The number of aromatic nitrogens is 5. The van der Waals surface area contributed by atoms with Crippen molar-refractivity contribution in [3.05, 3.63) is 30.5 Å². The van der Waals surface area contributed by atoms with Crippen LogP contribution in [0.5, 0.6) is 0 Å². The highest BCUT2D eigenvalue weighted by Gasteiger charge is 2.27. The second kappa shape index (κ2) is 8.18. The molecule has 3 aromatic rings. The maximum Gasteiger partial charge on any atom is 0.299 e. The third-order valence-electron chi connectivity index (χ3n) is 5.41. The Labute approximate surface area is 169 Å². The van der Waals surface area contributed by atoms with E-state index in [0.717, 1.165) is 31.8 Å². The predicted molar refractivity (Wildman–Crippen MR) is 108 cm³/mol. The highest BCUT2D eigenvalue weighted by atomic mass is 16.4. The fourth-order valence-electron chi connectivity index (χ4n) is 3.81. The molecule has 1 aliphatic heterocycles. The summed E-state index contributed by atoms with van der Waals surface area (Å²) in [6.45, 7) is 6.25. The zero-order valence-corrected chi connectivity index (χ0v) is 17.2. The number of rotatable bonds is 6. The molecule has 1 atom stereocenters. The fraction of sp³-hybridized carbons (Fsp3) is 0.550. The number of hydrogen-bond acceptors (Lipinski definition) is 7. The van der Waals surface area contributed by atoms with Crippen molar-refractivity contribution in [3.63, 3.8) is 0 Å². The number of hydrogen-bond donors (Lipinski definition) is 0. The van der Waals surface area contributed by atoms with Crippen LogP contribution in [0.25, 0.3) is 11.2 Å². The minimum Gasteiger partial charge on any atom is -0.422 e. The number of carbonyl (C=O) groups is 1. The molecule has 0 saturated carbocycles. The average Bonchev–Trinajstić information content (AvgIpc) is 3.35. The summed E-state index contributed by atoms with van der Waals surface area (Å²) >= 11 is 0. The first kappa shape index (κ1) is 19.4. The summed E-state index contributed by atoms with van der Waals surface area (Å²) in [7, 11) is 1.83. The average molecular weight is 397 g/mol. The lowest BCUT2D eigenvalue weighted by Gasteiger charge is -2.32. The summed E-state index contributed by atoms with van der Waals surface area (Å²) in [4.78, 5) is 25.4. The van der Waals surface area contributed by atoms with Crippen molar-refractivity contribution >= 4 is 23.2 Å². The van der Waals surface area contributed by atoms with E-state index in [2.05, 4.69) is 38.9 Å². The molecule has 0 radical (unpaired) electrons. The van der Waals surface area contributed by atoms with Crippen LogP contribution in [0.4, 0.5) is 6.01 Å². The molecule has 29 heavy (non-hydrogen) atoms. The van der Waals surface area contributed by atoms with E-state index in [1.165, 1.54) is 0 Å². The molecule has 0 spiro atoms. The van der Waals surface area contributed by atoms with Gasteiger partial charge in [0.05, 0.1) is 6.54 Å². The van der Waals surface area contributed by atoms with Crippen LogP contribution >= 0.6 is 0 Å². The lowest BCUT2D eigenvalue weighted by Crippen LogP contribution is -2.38. The van der Waals surface area contributed by atoms with E-state index in [0.29, 0.717) is 30.2 Å². The summed E-state index contributed by atoms with van der Waals surface area (Å²) < 4.78 is 7.85. The van der Waals surface area contributed by atoms with Gasteiger partial charge in [-0.05, 0) is 44.7 Å². The van der Waals surface area contributed by atoms with Gasteiger partial charge in [-0.25, -0.2) is 4.98 Å². The molecule has 4 rings (SSSR count). The van der Waals surface area contributed by atoms with Crippen molar-refractivity contribution in [2.24, 2.45) is 5.92 Å². The van der Waals surface area contributed by atoms with Gasteiger partial charge in [0.1, 0.15) is 6.33 Å². The van der Waals surface area contributed by atoms with E-state index in [9.17, 15) is 4.79 Å². The topological polar surface area (TPSA) is 93.2 Å². The molecule has 0 bridgehead atoms. The number of carbonyl (C=O) groups excluding carboxylic acids is 1. The first-order valence-corrected chi connectivity index (χ1v) is 10.1. The first-order valence-electron chi connectivity index (χ1n) is 10.1. The van der Waals surface area contributed by atoms with Gasteiger partial charge in [0.25, 0.3) is 6.01 Å². The molecule has 1 unspecified atom stereocenters. The van der Waals surface area contributed by atoms with Crippen molar-refractivity contribution in [2.75, 3.05) is 25.0 Å². The largest absolute Gasteiger partial charge is 0.422 e. The zero-order valence-electron chi connectivity index (χ0n) is 17.2. The van der Waals surface area contributed by atoms with Crippen molar-refractivity contribution in [3.8, 4) is 0 Å². The molecule has 9 nitrogen and oxygen atoms in total. The van der Waals surface area contributed by atoms with Crippen LogP contribution in [0.3, 0.4) is 0 Å². The van der Waals surface area contributed by atoms with Gasteiger partial charge in [0.2, 0.25) is 11.6 Å². The van der Waals surface area contributed by atoms with E-state index in [-0.39, 0.29) is 17.9 Å². The van der Waals surface area contributed by atoms with Crippen LogP contribution in [-0.4, -0.2) is 55.7 Å². The molecule has 4 heterocycles. The molecule has 0 aliphatic carbocycles. The fourth-order valence-corrected chi connectivity index (χ4v) is 3.81. The Morgan fingerprint density at radius 3 is 3.07 bits per heavy atom. The molecule has 154 valence electrons. The van der Waals surface area contributed by atoms with E-state index in [4.69, 9.17) is 4.42 Å². The van der Waals surface area contributed by atoms with Gasteiger partial charge in [0, 0.05) is 38.8 Å². The minimum absolute atomic E-state index is 0.120. The number of oxazole rings is 1. The van der Waals surface area contributed by atoms with Crippen LogP contribution in [0, 0.1) is 5.92 Å². The van der Waals surface area contributed by atoms with Crippen LogP contribution in [-0.2, 0) is 11.3 Å². The van der Waals surface area contributed by atoms with Gasteiger partial charge >= 0.3 is 0 Å². The summed E-state index contributed by atoms with van der Waals surface area (Å²) in [6.07, 6.45) is 5.96. The maximum atomic E-state index is 12.8. The molecule has 9 heteroatoms. The van der Waals surface area contributed by atoms with E-state index in [1.807, 2.05) is 23.7 Å². The van der Waals surface area contributed by atoms with Gasteiger partial charge in [-0.15, -0.1) is 10.2 Å². The normalized spacial score (nSPS) is 17.2. The molecular weight excluding hydrogens is 370 g/mol. The Hall–Kier alpha value is -2.97. The molecule has 1 amide bonds. The lowest BCUT2D eigenvalue weighted by molar-refractivity contribution is -0.131. The zero-order chi connectivity index (χ0) is 20.4. The van der Waals surface area contributed by atoms with Crippen LogP contribution in [0.1, 0.15) is 45.0 Å². The van der Waals surface area contributed by atoms with Crippen molar-refractivity contribution in [2.45, 2.75) is 45.7 Å². The Balaban J connectivity index is 1.37. The quantitative estimate of drug-likeness (QED) is 0.631. The second-order valence-electron chi connectivity index (χ2n) is 7.98. The molecule has 3 aromatic heterocycles. The Kier molecular flexibility index (Phi) is 5.46. The molecule has 0 aromatic carbocycles. The number of amides is 1. The predicted octanol–water partition coefficient (Wildman–Crippen LogP) is 2.66. The Morgan fingerprint density at radius 1 is 1.41 bits per heavy atom. The number of nitrogens with zero attached hydrogens (tertiary/aromatic N) is 7. The number of pyridine rings is 1.